The summed E-state index contributed by atoms with van der Waals surface area (Å²) in [6.45, 7) is 7.97. The lowest BCUT2D eigenvalue weighted by Gasteiger charge is -2.55. The number of fused-ring (bicyclic) bond motifs is 1. The first-order valence-corrected chi connectivity index (χ1v) is 14.0. The Morgan fingerprint density at radius 3 is 2.03 bits per heavy atom. The molecule has 0 aromatic carbocycles. The van der Waals surface area contributed by atoms with Crippen molar-refractivity contribution in [3.63, 3.8) is 0 Å². The molecule has 7 heteroatoms. The molecule has 4 aliphatic rings. The van der Waals surface area contributed by atoms with Crippen LogP contribution in [0.25, 0.3) is 0 Å². The molecule has 4 atom stereocenters. The fourth-order valence-corrected chi connectivity index (χ4v) is 8.42. The highest BCUT2D eigenvalue weighted by Gasteiger charge is 2.49. The summed E-state index contributed by atoms with van der Waals surface area (Å²) in [6, 6.07) is 0.344. The van der Waals surface area contributed by atoms with E-state index in [4.69, 9.17) is 0 Å². The van der Waals surface area contributed by atoms with E-state index in [-0.39, 0.29) is 40.5 Å². The van der Waals surface area contributed by atoms with Crippen LogP contribution in [0.15, 0.2) is 0 Å². The Morgan fingerprint density at radius 1 is 0.871 bits per heavy atom. The van der Waals surface area contributed by atoms with Crippen molar-refractivity contribution in [1.82, 2.24) is 9.80 Å². The van der Waals surface area contributed by atoms with Crippen molar-refractivity contribution >= 4 is 21.7 Å². The minimum atomic E-state index is -3.02. The summed E-state index contributed by atoms with van der Waals surface area (Å²) < 4.78 is 25.2. The Kier molecular flexibility index (Phi) is 6.46. The Hall–Kier alpha value is -1.11. The number of rotatable bonds is 4. The van der Waals surface area contributed by atoms with E-state index in [1.54, 1.807) is 20.8 Å². The predicted molar refractivity (Wildman–Crippen MR) is 121 cm³/mol. The van der Waals surface area contributed by atoms with Gasteiger partial charge in [0, 0.05) is 25.4 Å². The molecule has 176 valence electrons. The van der Waals surface area contributed by atoms with Gasteiger partial charge < -0.3 is 9.80 Å². The maximum atomic E-state index is 13.1. The highest BCUT2D eigenvalue weighted by Crippen LogP contribution is 2.45. The summed E-state index contributed by atoms with van der Waals surface area (Å²) >= 11 is 0. The van der Waals surface area contributed by atoms with Crippen molar-refractivity contribution in [1.29, 1.82) is 0 Å². The number of sulfone groups is 1. The SMILES string of the molecule is CC(=O)N1C2CCC(C3CCC(S(=O)(=O)C(C)C)CC3)CC2N(C(=O)C2CC2)C[C@@H]1C. The second-order valence-corrected chi connectivity index (χ2v) is 13.7. The average Bonchev–Trinajstić information content (AvgIpc) is 3.57. The Labute approximate surface area is 188 Å². The smallest absolute Gasteiger partial charge is 0.226 e. The Balaban J connectivity index is 1.46. The minimum absolute atomic E-state index is 0.0784. The van der Waals surface area contributed by atoms with Gasteiger partial charge in [-0.05, 0) is 90.4 Å². The third-order valence-electron chi connectivity index (χ3n) is 8.60. The normalized spacial score (nSPS) is 36.9. The predicted octanol–water partition coefficient (Wildman–Crippen LogP) is 3.39. The van der Waals surface area contributed by atoms with Gasteiger partial charge in [-0.3, -0.25) is 9.59 Å². The van der Waals surface area contributed by atoms with Crippen LogP contribution in [0.1, 0.15) is 85.5 Å². The second kappa shape index (κ2) is 8.68. The van der Waals surface area contributed by atoms with Crippen LogP contribution < -0.4 is 0 Å². The average molecular weight is 453 g/mol. The van der Waals surface area contributed by atoms with Crippen molar-refractivity contribution in [2.75, 3.05) is 6.54 Å². The molecule has 1 heterocycles. The van der Waals surface area contributed by atoms with Crippen LogP contribution in [0.2, 0.25) is 0 Å². The summed E-state index contributed by atoms with van der Waals surface area (Å²) in [5, 5.41) is -0.481. The zero-order valence-electron chi connectivity index (χ0n) is 19.6. The molecule has 0 N–H and O–H groups in total. The van der Waals surface area contributed by atoms with Gasteiger partial charge in [0.1, 0.15) is 0 Å². The summed E-state index contributed by atoms with van der Waals surface area (Å²) in [4.78, 5) is 29.7. The largest absolute Gasteiger partial charge is 0.335 e. The van der Waals surface area contributed by atoms with Crippen molar-refractivity contribution in [3.05, 3.63) is 0 Å². The van der Waals surface area contributed by atoms with Crippen LogP contribution >= 0.6 is 0 Å². The highest BCUT2D eigenvalue weighted by atomic mass is 32.2. The van der Waals surface area contributed by atoms with Gasteiger partial charge in [-0.15, -0.1) is 0 Å². The van der Waals surface area contributed by atoms with Crippen LogP contribution in [-0.2, 0) is 19.4 Å². The number of amides is 2. The topological polar surface area (TPSA) is 74.8 Å². The van der Waals surface area contributed by atoms with E-state index in [0.29, 0.717) is 24.3 Å². The Morgan fingerprint density at radius 2 is 1.48 bits per heavy atom. The van der Waals surface area contributed by atoms with Crippen molar-refractivity contribution in [2.45, 2.75) is 114 Å². The maximum Gasteiger partial charge on any atom is 0.226 e. The first kappa shape index (κ1) is 23.1. The highest BCUT2D eigenvalue weighted by molar-refractivity contribution is 7.92. The van der Waals surface area contributed by atoms with E-state index in [1.165, 1.54) is 0 Å². The number of hydrogen-bond acceptors (Lipinski definition) is 4. The zero-order chi connectivity index (χ0) is 22.5. The van der Waals surface area contributed by atoms with E-state index in [2.05, 4.69) is 11.8 Å². The summed E-state index contributed by atoms with van der Waals surface area (Å²) in [6.07, 6.45) is 8.52. The van der Waals surface area contributed by atoms with Gasteiger partial charge in [-0.1, -0.05) is 0 Å². The van der Waals surface area contributed by atoms with Gasteiger partial charge in [0.2, 0.25) is 11.8 Å². The fourth-order valence-electron chi connectivity index (χ4n) is 6.72. The lowest BCUT2D eigenvalue weighted by atomic mass is 9.69. The molecule has 0 aromatic heterocycles. The molecule has 31 heavy (non-hydrogen) atoms. The molecule has 1 aliphatic heterocycles. The molecule has 1 saturated heterocycles. The van der Waals surface area contributed by atoms with Gasteiger partial charge >= 0.3 is 0 Å². The molecule has 0 radical (unpaired) electrons. The molecule has 0 aromatic rings. The van der Waals surface area contributed by atoms with Crippen LogP contribution in [0.4, 0.5) is 0 Å². The van der Waals surface area contributed by atoms with Crippen LogP contribution in [0, 0.1) is 17.8 Å². The molecule has 6 nitrogen and oxygen atoms in total. The lowest BCUT2D eigenvalue weighted by Crippen LogP contribution is -2.67. The monoisotopic (exact) mass is 452 g/mol. The maximum absolute atomic E-state index is 13.1. The van der Waals surface area contributed by atoms with E-state index < -0.39 is 9.84 Å². The van der Waals surface area contributed by atoms with Crippen LogP contribution in [0.5, 0.6) is 0 Å². The molecule has 4 fully saturated rings. The third kappa shape index (κ3) is 4.40. The van der Waals surface area contributed by atoms with Gasteiger partial charge in [0.05, 0.1) is 22.6 Å². The van der Waals surface area contributed by atoms with Crippen molar-refractivity contribution in [3.8, 4) is 0 Å². The van der Waals surface area contributed by atoms with Crippen molar-refractivity contribution < 1.29 is 18.0 Å². The van der Waals surface area contributed by atoms with E-state index in [0.717, 1.165) is 57.8 Å². The summed E-state index contributed by atoms with van der Waals surface area (Å²) in [7, 11) is -3.02. The van der Waals surface area contributed by atoms with Crippen molar-refractivity contribution in [2.24, 2.45) is 17.8 Å². The molecule has 3 unspecified atom stereocenters. The van der Waals surface area contributed by atoms with Crippen LogP contribution in [-0.4, -0.2) is 65.2 Å². The quantitative estimate of drug-likeness (QED) is 0.655. The van der Waals surface area contributed by atoms with E-state index >= 15 is 0 Å². The minimum Gasteiger partial charge on any atom is -0.335 e. The molecule has 3 aliphatic carbocycles. The van der Waals surface area contributed by atoms with Crippen LogP contribution in [0.3, 0.4) is 0 Å². The molecular formula is C24H40N2O4S. The molecule has 4 rings (SSSR count). The standard InChI is InChI=1S/C24H40N2O4S/c1-15(2)31(29,30)21-10-7-18(8-11-21)20-9-12-22-23(13-20)25(24(28)19-5-6-19)14-16(3)26(22)17(4)27/h15-16,18-23H,5-14H2,1-4H3/t16-,18?,20?,21?,22?,23?/m0/s1. The number of carbonyl (C=O) groups is 2. The van der Waals surface area contributed by atoms with Gasteiger partial charge in [-0.25, -0.2) is 8.42 Å². The molecular weight excluding hydrogens is 412 g/mol. The molecule has 0 spiro atoms. The second-order valence-electron chi connectivity index (χ2n) is 10.9. The first-order chi connectivity index (χ1) is 14.6. The molecule has 0 bridgehead atoms. The zero-order valence-corrected chi connectivity index (χ0v) is 20.4. The summed E-state index contributed by atoms with van der Waals surface area (Å²) in [5.41, 5.74) is 0. The number of nitrogens with zero attached hydrogens (tertiary/aromatic N) is 2. The number of hydrogen-bond donors (Lipinski definition) is 0. The van der Waals surface area contributed by atoms with Gasteiger partial charge in [-0.2, -0.15) is 0 Å². The number of piperazine rings is 1. The first-order valence-electron chi connectivity index (χ1n) is 12.4. The third-order valence-corrected chi connectivity index (χ3v) is 11.3. The molecule has 2 amide bonds. The molecule has 3 saturated carbocycles. The number of carbonyl (C=O) groups excluding carboxylic acids is 2. The van der Waals surface area contributed by atoms with Gasteiger partial charge in [0.15, 0.2) is 9.84 Å². The van der Waals surface area contributed by atoms with E-state index in [9.17, 15) is 18.0 Å². The fraction of sp³-hybridized carbons (Fsp3) is 0.917. The van der Waals surface area contributed by atoms with E-state index in [1.807, 2.05) is 4.90 Å². The Bertz CT molecular complexity index is 798. The van der Waals surface area contributed by atoms with Gasteiger partial charge in [0.25, 0.3) is 0 Å². The lowest BCUT2D eigenvalue weighted by molar-refractivity contribution is -0.155. The summed E-state index contributed by atoms with van der Waals surface area (Å²) in [5.74, 6) is 1.70.